The van der Waals surface area contributed by atoms with E-state index < -0.39 is 18.1 Å². The number of rotatable bonds is 8. The van der Waals surface area contributed by atoms with Gasteiger partial charge < -0.3 is 19.9 Å². The normalized spacial score (nSPS) is 16.4. The van der Waals surface area contributed by atoms with Crippen LogP contribution in [-0.2, 0) is 16.6 Å². The van der Waals surface area contributed by atoms with Crippen molar-refractivity contribution in [3.63, 3.8) is 0 Å². The first-order valence-electron chi connectivity index (χ1n) is 10.6. The number of amides is 4. The highest BCUT2D eigenvalue weighted by atomic mass is 16.5. The van der Waals surface area contributed by atoms with Gasteiger partial charge in [-0.2, -0.15) is 0 Å². The molecule has 0 radical (unpaired) electrons. The zero-order valence-corrected chi connectivity index (χ0v) is 18.4. The summed E-state index contributed by atoms with van der Waals surface area (Å²) >= 11 is 0. The molecule has 0 bridgehead atoms. The predicted molar refractivity (Wildman–Crippen MR) is 122 cm³/mol. The molecular formula is C24H25N5O4. The summed E-state index contributed by atoms with van der Waals surface area (Å²) in [5, 5.41) is 5.68. The molecule has 4 rings (SSSR count). The largest absolute Gasteiger partial charge is 0.497 e. The fraction of sp³-hybridized carbons (Fsp3) is 0.250. The molecule has 1 aromatic heterocycles. The van der Waals surface area contributed by atoms with Gasteiger partial charge in [-0.05, 0) is 36.2 Å². The van der Waals surface area contributed by atoms with Crippen molar-refractivity contribution in [2.24, 2.45) is 7.05 Å². The molecule has 33 heavy (non-hydrogen) atoms. The van der Waals surface area contributed by atoms with Gasteiger partial charge in [0.2, 0.25) is 5.91 Å². The first-order valence-corrected chi connectivity index (χ1v) is 10.6. The molecular weight excluding hydrogens is 422 g/mol. The summed E-state index contributed by atoms with van der Waals surface area (Å²) in [5.74, 6) is 0.698. The summed E-state index contributed by atoms with van der Waals surface area (Å²) in [6, 6.07) is 14.5. The van der Waals surface area contributed by atoms with E-state index in [1.807, 2.05) is 48.1 Å². The van der Waals surface area contributed by atoms with Crippen LogP contribution >= 0.6 is 0 Å². The van der Waals surface area contributed by atoms with E-state index in [0.29, 0.717) is 17.3 Å². The average molecular weight is 447 g/mol. The monoisotopic (exact) mass is 447 g/mol. The molecule has 2 heterocycles. The second-order valence-electron chi connectivity index (χ2n) is 7.72. The minimum atomic E-state index is -0.770. The highest BCUT2D eigenvalue weighted by Crippen LogP contribution is 2.24. The van der Waals surface area contributed by atoms with E-state index in [1.165, 1.54) is 0 Å². The number of hydrogen-bond acceptors (Lipinski definition) is 5. The number of carbonyl (C=O) groups excluding carboxylic acids is 3. The molecule has 2 aromatic carbocycles. The lowest BCUT2D eigenvalue weighted by Crippen LogP contribution is -2.34. The van der Waals surface area contributed by atoms with Crippen LogP contribution in [0.3, 0.4) is 0 Å². The number of hydrogen-bond donors (Lipinski definition) is 2. The summed E-state index contributed by atoms with van der Waals surface area (Å²) in [4.78, 5) is 43.5. The number of ether oxygens (including phenoxy) is 1. The van der Waals surface area contributed by atoms with Crippen LogP contribution in [0.25, 0.3) is 0 Å². The standard InChI is InChI=1S/C24H25N5O4/c1-28-15-14-25-22(28)21(16-6-4-3-5-7-16)27-20(30)13-12-19-23(31)29(24(32)26-19)17-8-10-18(33-2)11-9-17/h3-11,14-15,19,21H,12-13H2,1-2H3,(H,26,32)(H,27,30)/t19-,21?/m0/s1. The SMILES string of the molecule is COc1ccc(N2C(=O)N[C@@H](CCC(=O)NC(c3ccccc3)c3nccn3C)C2=O)cc1. The van der Waals surface area contributed by atoms with Gasteiger partial charge in [-0.15, -0.1) is 0 Å². The van der Waals surface area contributed by atoms with Gasteiger partial charge in [-0.3, -0.25) is 9.59 Å². The van der Waals surface area contributed by atoms with Crippen LogP contribution in [0.5, 0.6) is 5.75 Å². The van der Waals surface area contributed by atoms with Crippen molar-refractivity contribution in [3.8, 4) is 5.75 Å². The van der Waals surface area contributed by atoms with E-state index in [0.717, 1.165) is 10.5 Å². The van der Waals surface area contributed by atoms with E-state index in [2.05, 4.69) is 15.6 Å². The molecule has 1 aliphatic heterocycles. The summed E-state index contributed by atoms with van der Waals surface area (Å²) in [6.45, 7) is 0. The van der Waals surface area contributed by atoms with Gasteiger partial charge in [0.05, 0.1) is 12.8 Å². The highest BCUT2D eigenvalue weighted by Gasteiger charge is 2.39. The van der Waals surface area contributed by atoms with Crippen molar-refractivity contribution in [3.05, 3.63) is 78.4 Å². The minimum Gasteiger partial charge on any atom is -0.497 e. The number of carbonyl (C=O) groups is 3. The van der Waals surface area contributed by atoms with Crippen molar-refractivity contribution in [1.82, 2.24) is 20.2 Å². The molecule has 1 aliphatic rings. The Morgan fingerprint density at radius 2 is 1.88 bits per heavy atom. The quantitative estimate of drug-likeness (QED) is 0.517. The minimum absolute atomic E-state index is 0.0703. The van der Waals surface area contributed by atoms with Crippen molar-refractivity contribution >= 4 is 23.5 Å². The Morgan fingerprint density at radius 1 is 1.15 bits per heavy atom. The van der Waals surface area contributed by atoms with Crippen LogP contribution in [0.4, 0.5) is 10.5 Å². The number of nitrogens with zero attached hydrogens (tertiary/aromatic N) is 3. The van der Waals surface area contributed by atoms with E-state index in [-0.39, 0.29) is 24.7 Å². The lowest BCUT2D eigenvalue weighted by molar-refractivity contribution is -0.122. The van der Waals surface area contributed by atoms with E-state index in [1.54, 1.807) is 37.6 Å². The van der Waals surface area contributed by atoms with Crippen molar-refractivity contribution < 1.29 is 19.1 Å². The fourth-order valence-corrected chi connectivity index (χ4v) is 3.81. The highest BCUT2D eigenvalue weighted by molar-refractivity contribution is 6.21. The number of imide groups is 1. The van der Waals surface area contributed by atoms with Gasteiger partial charge in [-0.25, -0.2) is 14.7 Å². The molecule has 1 saturated heterocycles. The van der Waals surface area contributed by atoms with E-state index in [9.17, 15) is 14.4 Å². The third-order valence-corrected chi connectivity index (χ3v) is 5.56. The van der Waals surface area contributed by atoms with Gasteiger partial charge in [0.25, 0.3) is 5.91 Å². The fourth-order valence-electron chi connectivity index (χ4n) is 3.81. The second kappa shape index (κ2) is 9.56. The van der Waals surface area contributed by atoms with Gasteiger partial charge >= 0.3 is 6.03 Å². The number of nitrogens with one attached hydrogen (secondary N) is 2. The molecule has 3 aromatic rings. The Labute approximate surface area is 191 Å². The van der Waals surface area contributed by atoms with Crippen molar-refractivity contribution in [1.29, 1.82) is 0 Å². The number of anilines is 1. The maximum atomic E-state index is 12.8. The summed E-state index contributed by atoms with van der Waals surface area (Å²) in [7, 11) is 3.41. The first-order chi connectivity index (χ1) is 16.0. The lowest BCUT2D eigenvalue weighted by atomic mass is 10.1. The molecule has 2 atom stereocenters. The lowest BCUT2D eigenvalue weighted by Gasteiger charge is -2.19. The Morgan fingerprint density at radius 3 is 2.52 bits per heavy atom. The number of imidazole rings is 1. The number of aryl methyl sites for hydroxylation is 1. The van der Waals surface area contributed by atoms with Crippen LogP contribution in [-0.4, -0.2) is 40.5 Å². The summed E-state index contributed by atoms with van der Waals surface area (Å²) < 4.78 is 6.97. The topological polar surface area (TPSA) is 106 Å². The number of aromatic nitrogens is 2. The van der Waals surface area contributed by atoms with E-state index in [4.69, 9.17) is 4.74 Å². The maximum Gasteiger partial charge on any atom is 0.329 e. The molecule has 9 nitrogen and oxygen atoms in total. The van der Waals surface area contributed by atoms with Gasteiger partial charge in [0.1, 0.15) is 23.7 Å². The first kappa shape index (κ1) is 22.1. The average Bonchev–Trinajstić information content (AvgIpc) is 3.38. The van der Waals surface area contributed by atoms with Crippen LogP contribution in [0, 0.1) is 0 Å². The molecule has 170 valence electrons. The van der Waals surface area contributed by atoms with Gasteiger partial charge in [-0.1, -0.05) is 30.3 Å². The van der Waals surface area contributed by atoms with Gasteiger partial charge in [0.15, 0.2) is 0 Å². The zero-order valence-electron chi connectivity index (χ0n) is 18.4. The molecule has 4 amide bonds. The molecule has 1 fully saturated rings. The molecule has 2 N–H and O–H groups in total. The molecule has 0 aliphatic carbocycles. The third kappa shape index (κ3) is 4.72. The Balaban J connectivity index is 1.41. The number of urea groups is 1. The number of methoxy groups -OCH3 is 1. The molecule has 0 saturated carbocycles. The maximum absolute atomic E-state index is 12.8. The predicted octanol–water partition coefficient (Wildman–Crippen LogP) is 2.54. The molecule has 1 unspecified atom stereocenters. The summed E-state index contributed by atoms with van der Waals surface area (Å²) in [6.07, 6.45) is 3.75. The van der Waals surface area contributed by atoms with E-state index >= 15 is 0 Å². The summed E-state index contributed by atoms with van der Waals surface area (Å²) in [5.41, 5.74) is 1.35. The Bertz CT molecular complexity index is 1140. The smallest absolute Gasteiger partial charge is 0.329 e. The number of benzene rings is 2. The van der Waals surface area contributed by atoms with Crippen molar-refractivity contribution in [2.75, 3.05) is 12.0 Å². The second-order valence-corrected chi connectivity index (χ2v) is 7.72. The van der Waals surface area contributed by atoms with Crippen LogP contribution < -0.4 is 20.3 Å². The Hall–Kier alpha value is -4.14. The Kier molecular flexibility index (Phi) is 6.39. The zero-order chi connectivity index (χ0) is 23.4. The van der Waals surface area contributed by atoms with Crippen LogP contribution in [0.1, 0.15) is 30.3 Å². The molecule has 0 spiro atoms. The van der Waals surface area contributed by atoms with Gasteiger partial charge in [0, 0.05) is 25.9 Å². The van der Waals surface area contributed by atoms with Crippen LogP contribution in [0.15, 0.2) is 67.0 Å². The molecule has 9 heteroatoms. The third-order valence-electron chi connectivity index (χ3n) is 5.56. The van der Waals surface area contributed by atoms with Crippen LogP contribution in [0.2, 0.25) is 0 Å². The van der Waals surface area contributed by atoms with Crippen molar-refractivity contribution in [2.45, 2.75) is 24.9 Å².